The molecule has 0 saturated carbocycles. The van der Waals surface area contributed by atoms with Gasteiger partial charge in [0.05, 0.1) is 16.5 Å². The number of para-hydroxylation sites is 1. The lowest BCUT2D eigenvalue weighted by Gasteiger charge is -2.34. The highest BCUT2D eigenvalue weighted by Crippen LogP contribution is 2.23. The standard InChI is InChI=1S/C15H18N4OS/c1-18-11-7-3-2-6-10(11)13(17-18)15(20)19-9-5-4-8-12(19)14(16)21/h2-3,6-7,12H,4-5,8-9H2,1H3,(H2,16,21). The van der Waals surface area contributed by atoms with Crippen LogP contribution in [0.5, 0.6) is 0 Å². The molecule has 2 N–H and O–H groups in total. The van der Waals surface area contributed by atoms with Crippen LogP contribution in [0.15, 0.2) is 24.3 Å². The number of carbonyl (C=O) groups excluding carboxylic acids is 1. The van der Waals surface area contributed by atoms with Gasteiger partial charge in [0, 0.05) is 19.0 Å². The van der Waals surface area contributed by atoms with Gasteiger partial charge in [0.1, 0.15) is 0 Å². The predicted octanol–water partition coefficient (Wildman–Crippen LogP) is 1.85. The average Bonchev–Trinajstić information content (AvgIpc) is 2.84. The second kappa shape index (κ2) is 5.44. The number of benzene rings is 1. The summed E-state index contributed by atoms with van der Waals surface area (Å²) >= 11 is 5.12. The molecule has 2 heterocycles. The molecular formula is C15H18N4OS. The number of piperidine rings is 1. The number of aromatic nitrogens is 2. The number of rotatable bonds is 2. The molecule has 0 spiro atoms. The Kier molecular flexibility index (Phi) is 3.63. The Balaban J connectivity index is 2.01. The first kappa shape index (κ1) is 14.0. The van der Waals surface area contributed by atoms with Crippen LogP contribution in [-0.2, 0) is 7.05 Å². The Morgan fingerprint density at radius 3 is 2.90 bits per heavy atom. The zero-order chi connectivity index (χ0) is 15.0. The number of carbonyl (C=O) groups is 1. The lowest BCUT2D eigenvalue weighted by atomic mass is 10.0. The van der Waals surface area contributed by atoms with Crippen molar-refractivity contribution < 1.29 is 4.79 Å². The smallest absolute Gasteiger partial charge is 0.275 e. The predicted molar refractivity (Wildman–Crippen MR) is 86.2 cm³/mol. The lowest BCUT2D eigenvalue weighted by Crippen LogP contribution is -2.50. The van der Waals surface area contributed by atoms with Gasteiger partial charge in [-0.25, -0.2) is 0 Å². The van der Waals surface area contributed by atoms with Gasteiger partial charge in [-0.15, -0.1) is 0 Å². The van der Waals surface area contributed by atoms with E-state index in [0.717, 1.165) is 30.2 Å². The summed E-state index contributed by atoms with van der Waals surface area (Å²) in [5.74, 6) is -0.0794. The fourth-order valence-electron chi connectivity index (χ4n) is 2.98. The first-order valence-electron chi connectivity index (χ1n) is 7.11. The van der Waals surface area contributed by atoms with Crippen LogP contribution in [0.3, 0.4) is 0 Å². The molecule has 3 rings (SSSR count). The highest BCUT2D eigenvalue weighted by Gasteiger charge is 2.31. The van der Waals surface area contributed by atoms with Crippen LogP contribution in [0.2, 0.25) is 0 Å². The molecule has 1 aromatic heterocycles. The van der Waals surface area contributed by atoms with Gasteiger partial charge >= 0.3 is 0 Å². The molecule has 1 aliphatic heterocycles. The van der Waals surface area contributed by atoms with Crippen molar-refractivity contribution in [3.05, 3.63) is 30.0 Å². The number of hydrogen-bond donors (Lipinski definition) is 1. The summed E-state index contributed by atoms with van der Waals surface area (Å²) in [6.07, 6.45) is 2.87. The number of amides is 1. The Bertz CT molecular complexity index is 709. The van der Waals surface area contributed by atoms with Crippen LogP contribution in [0, 0.1) is 0 Å². The quantitative estimate of drug-likeness (QED) is 0.860. The number of thiocarbonyl (C=S) groups is 1. The van der Waals surface area contributed by atoms with E-state index in [2.05, 4.69) is 5.10 Å². The van der Waals surface area contributed by atoms with Gasteiger partial charge in [-0.3, -0.25) is 9.48 Å². The third-order valence-corrected chi connectivity index (χ3v) is 4.32. The average molecular weight is 302 g/mol. The molecule has 110 valence electrons. The number of nitrogens with zero attached hydrogens (tertiary/aromatic N) is 3. The summed E-state index contributed by atoms with van der Waals surface area (Å²) < 4.78 is 1.74. The van der Waals surface area contributed by atoms with Gasteiger partial charge < -0.3 is 10.6 Å². The van der Waals surface area contributed by atoms with E-state index in [4.69, 9.17) is 18.0 Å². The molecule has 6 heteroatoms. The Morgan fingerprint density at radius 2 is 2.14 bits per heavy atom. The highest BCUT2D eigenvalue weighted by atomic mass is 32.1. The number of likely N-dealkylation sites (tertiary alicyclic amines) is 1. The molecule has 1 saturated heterocycles. The Labute approximate surface area is 128 Å². The summed E-state index contributed by atoms with van der Waals surface area (Å²) in [6.45, 7) is 0.686. The van der Waals surface area contributed by atoms with Crippen molar-refractivity contribution in [3.8, 4) is 0 Å². The molecule has 1 aliphatic rings. The summed E-state index contributed by atoms with van der Waals surface area (Å²) in [6, 6.07) is 7.59. The minimum Gasteiger partial charge on any atom is -0.392 e. The van der Waals surface area contributed by atoms with E-state index in [-0.39, 0.29) is 11.9 Å². The van der Waals surface area contributed by atoms with E-state index in [1.165, 1.54) is 0 Å². The van der Waals surface area contributed by atoms with Crippen LogP contribution < -0.4 is 5.73 Å². The minimum absolute atomic E-state index is 0.0794. The molecule has 1 unspecified atom stereocenters. The molecule has 21 heavy (non-hydrogen) atoms. The normalized spacial score (nSPS) is 18.9. The van der Waals surface area contributed by atoms with Gasteiger partial charge in [-0.05, 0) is 25.3 Å². The topological polar surface area (TPSA) is 64.2 Å². The Morgan fingerprint density at radius 1 is 1.38 bits per heavy atom. The van der Waals surface area contributed by atoms with Crippen LogP contribution in [0.1, 0.15) is 29.8 Å². The maximum atomic E-state index is 12.9. The van der Waals surface area contributed by atoms with E-state index in [0.29, 0.717) is 17.2 Å². The van der Waals surface area contributed by atoms with Crippen LogP contribution >= 0.6 is 12.2 Å². The first-order valence-corrected chi connectivity index (χ1v) is 7.52. The van der Waals surface area contributed by atoms with Gasteiger partial charge in [0.25, 0.3) is 5.91 Å². The third-order valence-electron chi connectivity index (χ3n) is 4.05. The summed E-state index contributed by atoms with van der Waals surface area (Å²) in [5, 5.41) is 5.27. The maximum absolute atomic E-state index is 12.9. The van der Waals surface area contributed by atoms with Crippen molar-refractivity contribution in [1.82, 2.24) is 14.7 Å². The summed E-state index contributed by atoms with van der Waals surface area (Å²) in [4.78, 5) is 15.0. The van der Waals surface area contributed by atoms with Gasteiger partial charge in [0.2, 0.25) is 0 Å². The molecule has 0 bridgehead atoms. The molecule has 1 fully saturated rings. The minimum atomic E-state index is -0.151. The van der Waals surface area contributed by atoms with Crippen molar-refractivity contribution in [2.75, 3.05) is 6.54 Å². The maximum Gasteiger partial charge on any atom is 0.275 e. The van der Waals surface area contributed by atoms with Crippen LogP contribution in [0.25, 0.3) is 10.9 Å². The number of nitrogens with two attached hydrogens (primary N) is 1. The van der Waals surface area contributed by atoms with Crippen molar-refractivity contribution in [2.45, 2.75) is 25.3 Å². The number of aryl methyl sites for hydroxylation is 1. The van der Waals surface area contributed by atoms with Gasteiger partial charge in [-0.1, -0.05) is 30.4 Å². The number of hydrogen-bond acceptors (Lipinski definition) is 3. The molecule has 1 aromatic carbocycles. The van der Waals surface area contributed by atoms with Gasteiger partial charge in [-0.2, -0.15) is 5.10 Å². The Hall–Kier alpha value is -1.95. The number of fused-ring (bicyclic) bond motifs is 1. The zero-order valence-corrected chi connectivity index (χ0v) is 12.8. The van der Waals surface area contributed by atoms with Crippen molar-refractivity contribution >= 4 is 34.0 Å². The molecule has 0 aliphatic carbocycles. The third kappa shape index (κ3) is 2.40. The lowest BCUT2D eigenvalue weighted by molar-refractivity contribution is 0.0676. The van der Waals surface area contributed by atoms with Crippen molar-refractivity contribution in [2.24, 2.45) is 12.8 Å². The van der Waals surface area contributed by atoms with Crippen LogP contribution in [0.4, 0.5) is 0 Å². The van der Waals surface area contributed by atoms with E-state index >= 15 is 0 Å². The highest BCUT2D eigenvalue weighted by molar-refractivity contribution is 7.80. The molecule has 2 aromatic rings. The van der Waals surface area contributed by atoms with Crippen LogP contribution in [-0.4, -0.2) is 38.2 Å². The molecule has 1 atom stereocenters. The van der Waals surface area contributed by atoms with E-state index in [9.17, 15) is 4.79 Å². The summed E-state index contributed by atoms with van der Waals surface area (Å²) in [7, 11) is 1.85. The molecule has 5 nitrogen and oxygen atoms in total. The first-order chi connectivity index (χ1) is 10.1. The fraction of sp³-hybridized carbons (Fsp3) is 0.400. The van der Waals surface area contributed by atoms with E-state index in [1.807, 2.05) is 31.3 Å². The van der Waals surface area contributed by atoms with Gasteiger partial charge in [0.15, 0.2) is 5.69 Å². The second-order valence-corrected chi connectivity index (χ2v) is 5.87. The SMILES string of the molecule is Cn1nc(C(=O)N2CCCCC2C(N)=S)c2ccccc21. The van der Waals surface area contributed by atoms with E-state index < -0.39 is 0 Å². The fourth-order valence-corrected chi connectivity index (χ4v) is 3.22. The monoisotopic (exact) mass is 302 g/mol. The zero-order valence-electron chi connectivity index (χ0n) is 12.0. The molecule has 0 radical (unpaired) electrons. The van der Waals surface area contributed by atoms with Crippen molar-refractivity contribution in [1.29, 1.82) is 0 Å². The largest absolute Gasteiger partial charge is 0.392 e. The molecule has 1 amide bonds. The molecular weight excluding hydrogens is 284 g/mol. The van der Waals surface area contributed by atoms with Crippen molar-refractivity contribution in [3.63, 3.8) is 0 Å². The van der Waals surface area contributed by atoms with E-state index in [1.54, 1.807) is 9.58 Å². The summed E-state index contributed by atoms with van der Waals surface area (Å²) in [5.41, 5.74) is 7.23. The second-order valence-electron chi connectivity index (χ2n) is 5.40.